The Morgan fingerprint density at radius 2 is 2.04 bits per heavy atom. The molecule has 0 aliphatic heterocycles. The van der Waals surface area contributed by atoms with Gasteiger partial charge in [0.2, 0.25) is 0 Å². The lowest BCUT2D eigenvalue weighted by Crippen LogP contribution is -2.24. The molecule has 1 aromatic carbocycles. The van der Waals surface area contributed by atoms with Gasteiger partial charge in [-0.1, -0.05) is 24.6 Å². The maximum atomic E-state index is 13.0. The monoisotopic (exact) mass is 380 g/mol. The number of nitrogens with one attached hydrogen (secondary N) is 1. The molecular weight excluding hydrogens is 360 g/mol. The first-order valence-corrected chi connectivity index (χ1v) is 9.60. The van der Waals surface area contributed by atoms with Crippen LogP contribution in [0.15, 0.2) is 48.8 Å². The van der Waals surface area contributed by atoms with Crippen molar-refractivity contribution in [3.63, 3.8) is 0 Å². The van der Waals surface area contributed by atoms with E-state index in [0.29, 0.717) is 17.5 Å². The maximum Gasteiger partial charge on any atom is 0.255 e. The molecule has 1 fully saturated rings. The average molecular weight is 381 g/mol. The molecule has 0 atom stereocenters. The predicted octanol–water partition coefficient (Wildman–Crippen LogP) is 4.29. The normalized spacial score (nSPS) is 13.6. The third kappa shape index (κ3) is 3.74. The van der Waals surface area contributed by atoms with E-state index in [4.69, 9.17) is 16.7 Å². The molecule has 0 radical (unpaired) electrons. The first kappa shape index (κ1) is 17.7. The molecule has 0 spiro atoms. The number of nitrogens with zero attached hydrogens (tertiary/aromatic N) is 3. The molecule has 1 saturated carbocycles. The van der Waals surface area contributed by atoms with Crippen LogP contribution < -0.4 is 5.32 Å². The molecule has 138 valence electrons. The van der Waals surface area contributed by atoms with Gasteiger partial charge in [-0.2, -0.15) is 5.10 Å². The van der Waals surface area contributed by atoms with Crippen molar-refractivity contribution in [1.82, 2.24) is 20.1 Å². The van der Waals surface area contributed by atoms with E-state index in [-0.39, 0.29) is 5.91 Å². The van der Waals surface area contributed by atoms with Crippen molar-refractivity contribution in [2.45, 2.75) is 38.6 Å². The maximum absolute atomic E-state index is 13.0. The summed E-state index contributed by atoms with van der Waals surface area (Å²) < 4.78 is 1.89. The number of carbonyl (C=O) groups excluding carboxylic acids is 1. The van der Waals surface area contributed by atoms with Crippen LogP contribution in [-0.2, 0) is 13.0 Å². The number of hydrogen-bond donors (Lipinski definition) is 1. The molecule has 4 rings (SSSR count). The van der Waals surface area contributed by atoms with E-state index in [9.17, 15) is 4.79 Å². The van der Waals surface area contributed by atoms with Gasteiger partial charge in [-0.05, 0) is 55.2 Å². The third-order valence-electron chi connectivity index (χ3n) is 4.78. The van der Waals surface area contributed by atoms with E-state index in [1.165, 1.54) is 0 Å². The van der Waals surface area contributed by atoms with E-state index in [2.05, 4.69) is 17.2 Å². The van der Waals surface area contributed by atoms with Crippen LogP contribution in [0.5, 0.6) is 0 Å². The summed E-state index contributed by atoms with van der Waals surface area (Å²) >= 11 is 6.02. The summed E-state index contributed by atoms with van der Waals surface area (Å²) in [5, 5.41) is 8.53. The highest BCUT2D eigenvalue weighted by atomic mass is 35.5. The van der Waals surface area contributed by atoms with Crippen LogP contribution in [-0.4, -0.2) is 20.7 Å². The summed E-state index contributed by atoms with van der Waals surface area (Å²) in [6.45, 7) is 2.50. The zero-order valence-corrected chi connectivity index (χ0v) is 15.9. The van der Waals surface area contributed by atoms with E-state index in [1.54, 1.807) is 12.4 Å². The Morgan fingerprint density at radius 3 is 2.67 bits per heavy atom. The van der Waals surface area contributed by atoms with Crippen molar-refractivity contribution in [3.8, 4) is 5.69 Å². The highest BCUT2D eigenvalue weighted by Crippen LogP contribution is 2.42. The Kier molecular flexibility index (Phi) is 4.94. The summed E-state index contributed by atoms with van der Waals surface area (Å²) in [7, 11) is 0. The van der Waals surface area contributed by atoms with E-state index >= 15 is 0 Å². The van der Waals surface area contributed by atoms with Crippen LogP contribution in [0.4, 0.5) is 0 Å². The number of amides is 1. The Labute approximate surface area is 163 Å². The van der Waals surface area contributed by atoms with Gasteiger partial charge in [0.25, 0.3) is 5.91 Å². The van der Waals surface area contributed by atoms with Gasteiger partial charge in [0.1, 0.15) is 0 Å². The Balaban J connectivity index is 1.68. The van der Waals surface area contributed by atoms with Crippen molar-refractivity contribution >= 4 is 17.5 Å². The second-order valence-corrected chi connectivity index (χ2v) is 7.20. The molecular formula is C21H21ClN4O. The van der Waals surface area contributed by atoms with Gasteiger partial charge in [-0.15, -0.1) is 0 Å². The molecule has 0 saturated heterocycles. The van der Waals surface area contributed by atoms with Crippen molar-refractivity contribution in [2.24, 2.45) is 0 Å². The van der Waals surface area contributed by atoms with Crippen molar-refractivity contribution < 1.29 is 4.79 Å². The van der Waals surface area contributed by atoms with Crippen LogP contribution in [0, 0.1) is 0 Å². The Bertz CT molecular complexity index is 946. The summed E-state index contributed by atoms with van der Waals surface area (Å²) in [4.78, 5) is 17.1. The summed E-state index contributed by atoms with van der Waals surface area (Å²) in [5.74, 6) is 0.306. The van der Waals surface area contributed by atoms with Crippen LogP contribution in [0.25, 0.3) is 5.69 Å². The van der Waals surface area contributed by atoms with Gasteiger partial charge in [0.05, 0.1) is 22.6 Å². The number of pyridine rings is 1. The molecule has 1 aliphatic rings. The molecule has 2 aromatic heterocycles. The van der Waals surface area contributed by atoms with E-state index in [1.807, 2.05) is 41.1 Å². The van der Waals surface area contributed by atoms with Crippen molar-refractivity contribution in [2.75, 3.05) is 0 Å². The molecule has 0 bridgehead atoms. The largest absolute Gasteiger partial charge is 0.348 e. The highest BCUT2D eigenvalue weighted by Gasteiger charge is 2.34. The molecule has 0 unspecified atom stereocenters. The quantitative estimate of drug-likeness (QED) is 0.693. The number of rotatable bonds is 6. The van der Waals surface area contributed by atoms with Gasteiger partial charge in [0.15, 0.2) is 0 Å². The molecule has 2 heterocycles. The SMILES string of the molecule is CCc1c(C(=O)NCc2cccnc2)c(C2CC2)nn1-c1ccc(Cl)cc1. The van der Waals surface area contributed by atoms with Crippen LogP contribution >= 0.6 is 11.6 Å². The van der Waals surface area contributed by atoms with Gasteiger partial charge >= 0.3 is 0 Å². The standard InChI is InChI=1S/C21H21ClN4O/c1-2-18-19(21(27)24-13-14-4-3-11-23-12-14)20(15-5-6-15)25-26(18)17-9-7-16(22)8-10-17/h3-4,7-12,15H,2,5-6,13H2,1H3,(H,24,27). The fourth-order valence-electron chi connectivity index (χ4n) is 3.26. The van der Waals surface area contributed by atoms with E-state index < -0.39 is 0 Å². The highest BCUT2D eigenvalue weighted by molar-refractivity contribution is 6.30. The van der Waals surface area contributed by atoms with Crippen LogP contribution in [0.2, 0.25) is 5.02 Å². The van der Waals surface area contributed by atoms with Crippen LogP contribution in [0.3, 0.4) is 0 Å². The molecule has 1 N–H and O–H groups in total. The van der Waals surface area contributed by atoms with Crippen molar-refractivity contribution in [3.05, 3.63) is 76.3 Å². The number of hydrogen-bond acceptors (Lipinski definition) is 3. The molecule has 1 amide bonds. The second-order valence-electron chi connectivity index (χ2n) is 6.77. The first-order valence-electron chi connectivity index (χ1n) is 9.22. The fraction of sp³-hybridized carbons (Fsp3) is 0.286. The number of benzene rings is 1. The zero-order chi connectivity index (χ0) is 18.8. The first-order chi connectivity index (χ1) is 13.2. The molecule has 27 heavy (non-hydrogen) atoms. The average Bonchev–Trinajstić information content (AvgIpc) is 3.47. The minimum atomic E-state index is -0.0715. The number of aromatic nitrogens is 3. The lowest BCUT2D eigenvalue weighted by atomic mass is 10.1. The fourth-order valence-corrected chi connectivity index (χ4v) is 3.38. The van der Waals surface area contributed by atoms with Gasteiger partial charge in [0, 0.05) is 29.9 Å². The lowest BCUT2D eigenvalue weighted by molar-refractivity contribution is 0.0949. The molecule has 1 aliphatic carbocycles. The molecule has 5 nitrogen and oxygen atoms in total. The van der Waals surface area contributed by atoms with E-state index in [0.717, 1.165) is 47.5 Å². The Morgan fingerprint density at radius 1 is 1.26 bits per heavy atom. The third-order valence-corrected chi connectivity index (χ3v) is 5.03. The van der Waals surface area contributed by atoms with Gasteiger partial charge in [-0.25, -0.2) is 4.68 Å². The van der Waals surface area contributed by atoms with Crippen LogP contribution in [0.1, 0.15) is 53.0 Å². The Hall–Kier alpha value is -2.66. The zero-order valence-electron chi connectivity index (χ0n) is 15.2. The number of halogens is 1. The predicted molar refractivity (Wildman–Crippen MR) is 105 cm³/mol. The number of carbonyl (C=O) groups is 1. The lowest BCUT2D eigenvalue weighted by Gasteiger charge is -2.09. The molecule has 3 aromatic rings. The summed E-state index contributed by atoms with van der Waals surface area (Å²) in [6, 6.07) is 11.4. The van der Waals surface area contributed by atoms with Gasteiger partial charge < -0.3 is 5.32 Å². The summed E-state index contributed by atoms with van der Waals surface area (Å²) in [5.41, 5.74) is 4.46. The second kappa shape index (κ2) is 7.53. The smallest absolute Gasteiger partial charge is 0.255 e. The van der Waals surface area contributed by atoms with Gasteiger partial charge in [-0.3, -0.25) is 9.78 Å². The minimum Gasteiger partial charge on any atom is -0.348 e. The molecule has 6 heteroatoms. The van der Waals surface area contributed by atoms with Crippen molar-refractivity contribution in [1.29, 1.82) is 0 Å². The minimum absolute atomic E-state index is 0.0715. The summed E-state index contributed by atoms with van der Waals surface area (Å²) in [6.07, 6.45) is 6.38. The topological polar surface area (TPSA) is 59.8 Å².